The minimum atomic E-state index is 0.243. The summed E-state index contributed by atoms with van der Waals surface area (Å²) in [6.07, 6.45) is 0.800. The summed E-state index contributed by atoms with van der Waals surface area (Å²) in [4.78, 5) is 0. The molecule has 2 unspecified atom stereocenters. The highest BCUT2D eigenvalue weighted by Gasteiger charge is 2.13. The first kappa shape index (κ1) is 14.2. The number of aryl methyl sites for hydroxylation is 3. The van der Waals surface area contributed by atoms with E-state index in [1.54, 1.807) is 0 Å². The summed E-state index contributed by atoms with van der Waals surface area (Å²) in [5.74, 6) is 0. The minimum Gasteiger partial charge on any atom is -0.396 e. The van der Waals surface area contributed by atoms with Crippen LogP contribution in [0.3, 0.4) is 0 Å². The van der Waals surface area contributed by atoms with E-state index >= 15 is 0 Å². The second kappa shape index (κ2) is 6.18. The quantitative estimate of drug-likeness (QED) is 0.822. The number of hydrogen-bond donors (Lipinski definition) is 2. The molecule has 0 aromatic heterocycles. The standard InChI is InChI=1S/C15H25NO/c1-10-8-11(2)15(12(3)9-10)14(5)16-13(4)6-7-17/h8-9,13-14,16-17H,6-7H2,1-5H3. The maximum Gasteiger partial charge on any atom is 0.0445 e. The van der Waals surface area contributed by atoms with Gasteiger partial charge in [0.15, 0.2) is 0 Å². The van der Waals surface area contributed by atoms with Gasteiger partial charge in [-0.2, -0.15) is 0 Å². The first-order chi connectivity index (χ1) is 7.95. The van der Waals surface area contributed by atoms with Crippen LogP contribution in [0.1, 0.15) is 48.6 Å². The Balaban J connectivity index is 2.85. The Morgan fingerprint density at radius 1 is 1.12 bits per heavy atom. The molecule has 0 spiro atoms. The highest BCUT2D eigenvalue weighted by Crippen LogP contribution is 2.23. The van der Waals surface area contributed by atoms with Crippen molar-refractivity contribution in [3.63, 3.8) is 0 Å². The van der Waals surface area contributed by atoms with E-state index < -0.39 is 0 Å². The summed E-state index contributed by atoms with van der Waals surface area (Å²) in [6.45, 7) is 11.0. The molecular weight excluding hydrogens is 210 g/mol. The van der Waals surface area contributed by atoms with Gasteiger partial charge in [0, 0.05) is 18.7 Å². The third kappa shape index (κ3) is 3.83. The fourth-order valence-corrected chi connectivity index (χ4v) is 2.66. The Hall–Kier alpha value is -0.860. The van der Waals surface area contributed by atoms with E-state index in [4.69, 9.17) is 5.11 Å². The second-order valence-corrected chi connectivity index (χ2v) is 5.11. The molecule has 2 nitrogen and oxygen atoms in total. The monoisotopic (exact) mass is 235 g/mol. The number of nitrogens with one attached hydrogen (secondary N) is 1. The van der Waals surface area contributed by atoms with Gasteiger partial charge in [-0.1, -0.05) is 17.7 Å². The molecule has 0 radical (unpaired) electrons. The van der Waals surface area contributed by atoms with Crippen LogP contribution in [0, 0.1) is 20.8 Å². The third-order valence-electron chi connectivity index (χ3n) is 3.27. The molecule has 96 valence electrons. The Morgan fingerprint density at radius 3 is 2.12 bits per heavy atom. The number of hydrogen-bond acceptors (Lipinski definition) is 2. The van der Waals surface area contributed by atoms with Crippen LogP contribution >= 0.6 is 0 Å². The van der Waals surface area contributed by atoms with Crippen molar-refractivity contribution in [2.45, 2.75) is 53.1 Å². The maximum atomic E-state index is 8.93. The van der Waals surface area contributed by atoms with Crippen LogP contribution in [0.2, 0.25) is 0 Å². The largest absolute Gasteiger partial charge is 0.396 e. The molecule has 0 saturated carbocycles. The Morgan fingerprint density at radius 2 is 1.65 bits per heavy atom. The Kier molecular flexibility index (Phi) is 5.16. The smallest absolute Gasteiger partial charge is 0.0445 e. The molecule has 2 N–H and O–H groups in total. The van der Waals surface area contributed by atoms with Crippen molar-refractivity contribution in [1.29, 1.82) is 0 Å². The van der Waals surface area contributed by atoms with E-state index in [-0.39, 0.29) is 6.61 Å². The van der Waals surface area contributed by atoms with E-state index in [2.05, 4.69) is 52.1 Å². The van der Waals surface area contributed by atoms with Crippen molar-refractivity contribution in [2.75, 3.05) is 6.61 Å². The molecular formula is C15H25NO. The lowest BCUT2D eigenvalue weighted by Crippen LogP contribution is -2.30. The van der Waals surface area contributed by atoms with Crippen LogP contribution in [0.4, 0.5) is 0 Å². The van der Waals surface area contributed by atoms with Gasteiger partial charge in [0.05, 0.1) is 0 Å². The number of rotatable bonds is 5. The predicted octanol–water partition coefficient (Wildman–Crippen LogP) is 3.03. The summed E-state index contributed by atoms with van der Waals surface area (Å²) in [5, 5.41) is 12.5. The zero-order valence-electron chi connectivity index (χ0n) is 11.7. The molecule has 0 fully saturated rings. The lowest BCUT2D eigenvalue weighted by Gasteiger charge is -2.23. The van der Waals surface area contributed by atoms with Crippen LogP contribution in [0.25, 0.3) is 0 Å². The SMILES string of the molecule is Cc1cc(C)c(C(C)NC(C)CCO)c(C)c1. The van der Waals surface area contributed by atoms with Crippen molar-refractivity contribution >= 4 is 0 Å². The van der Waals surface area contributed by atoms with Crippen molar-refractivity contribution < 1.29 is 5.11 Å². The normalized spacial score (nSPS) is 14.7. The average Bonchev–Trinajstić information content (AvgIpc) is 2.15. The highest BCUT2D eigenvalue weighted by molar-refractivity contribution is 5.39. The number of benzene rings is 1. The molecule has 0 aliphatic carbocycles. The molecule has 17 heavy (non-hydrogen) atoms. The molecule has 0 bridgehead atoms. The molecule has 0 heterocycles. The fraction of sp³-hybridized carbons (Fsp3) is 0.600. The Labute approximate surface area is 105 Å². The van der Waals surface area contributed by atoms with Crippen molar-refractivity contribution in [3.8, 4) is 0 Å². The van der Waals surface area contributed by atoms with Crippen LogP contribution in [0.5, 0.6) is 0 Å². The first-order valence-electron chi connectivity index (χ1n) is 6.40. The molecule has 2 heteroatoms. The van der Waals surface area contributed by atoms with Crippen LogP contribution in [-0.4, -0.2) is 17.8 Å². The number of aliphatic hydroxyl groups excluding tert-OH is 1. The summed E-state index contributed by atoms with van der Waals surface area (Å²) < 4.78 is 0. The van der Waals surface area contributed by atoms with Crippen molar-refractivity contribution in [3.05, 3.63) is 34.4 Å². The van der Waals surface area contributed by atoms with Gasteiger partial charge in [-0.3, -0.25) is 0 Å². The van der Waals surface area contributed by atoms with E-state index in [1.807, 2.05) is 0 Å². The predicted molar refractivity (Wildman–Crippen MR) is 73.4 cm³/mol. The lowest BCUT2D eigenvalue weighted by molar-refractivity contribution is 0.264. The van der Waals surface area contributed by atoms with Crippen LogP contribution in [0.15, 0.2) is 12.1 Å². The van der Waals surface area contributed by atoms with E-state index in [0.717, 1.165) is 6.42 Å². The van der Waals surface area contributed by atoms with Gasteiger partial charge in [-0.25, -0.2) is 0 Å². The van der Waals surface area contributed by atoms with Crippen LogP contribution in [-0.2, 0) is 0 Å². The third-order valence-corrected chi connectivity index (χ3v) is 3.27. The molecule has 1 rings (SSSR count). The van der Waals surface area contributed by atoms with E-state index in [9.17, 15) is 0 Å². The summed E-state index contributed by atoms with van der Waals surface area (Å²) >= 11 is 0. The molecule has 0 saturated heterocycles. The van der Waals surface area contributed by atoms with Crippen LogP contribution < -0.4 is 5.32 Å². The molecule has 0 amide bonds. The highest BCUT2D eigenvalue weighted by atomic mass is 16.3. The first-order valence-corrected chi connectivity index (χ1v) is 6.40. The fourth-order valence-electron chi connectivity index (χ4n) is 2.66. The minimum absolute atomic E-state index is 0.243. The number of aliphatic hydroxyl groups is 1. The lowest BCUT2D eigenvalue weighted by atomic mass is 9.94. The zero-order valence-corrected chi connectivity index (χ0v) is 11.7. The molecule has 2 atom stereocenters. The second-order valence-electron chi connectivity index (χ2n) is 5.11. The van der Waals surface area contributed by atoms with Gasteiger partial charge in [-0.15, -0.1) is 0 Å². The molecule has 1 aromatic carbocycles. The van der Waals surface area contributed by atoms with E-state index in [0.29, 0.717) is 12.1 Å². The van der Waals surface area contributed by atoms with Gasteiger partial charge >= 0.3 is 0 Å². The Bertz CT molecular complexity index is 350. The summed E-state index contributed by atoms with van der Waals surface area (Å²) in [5.41, 5.74) is 5.40. The summed E-state index contributed by atoms with van der Waals surface area (Å²) in [7, 11) is 0. The van der Waals surface area contributed by atoms with Gasteiger partial charge in [-0.05, 0) is 57.7 Å². The maximum absolute atomic E-state index is 8.93. The van der Waals surface area contributed by atoms with Gasteiger partial charge in [0.25, 0.3) is 0 Å². The van der Waals surface area contributed by atoms with Crippen molar-refractivity contribution in [1.82, 2.24) is 5.32 Å². The van der Waals surface area contributed by atoms with Crippen molar-refractivity contribution in [2.24, 2.45) is 0 Å². The van der Waals surface area contributed by atoms with Gasteiger partial charge in [0.1, 0.15) is 0 Å². The zero-order chi connectivity index (χ0) is 13.0. The average molecular weight is 235 g/mol. The van der Waals surface area contributed by atoms with E-state index in [1.165, 1.54) is 22.3 Å². The van der Waals surface area contributed by atoms with Gasteiger partial charge in [0.2, 0.25) is 0 Å². The summed E-state index contributed by atoms with van der Waals surface area (Å²) in [6, 6.07) is 5.14. The topological polar surface area (TPSA) is 32.3 Å². The molecule has 0 aliphatic heterocycles. The molecule has 1 aromatic rings. The molecule has 0 aliphatic rings. The van der Waals surface area contributed by atoms with Gasteiger partial charge < -0.3 is 10.4 Å².